The minimum Gasteiger partial charge on any atom is -0.494 e. The first-order valence-corrected chi connectivity index (χ1v) is 12.5. The highest BCUT2D eigenvalue weighted by Gasteiger charge is 2.24. The van der Waals surface area contributed by atoms with E-state index in [0.29, 0.717) is 50.9 Å². The molecule has 5 rings (SSSR count). The van der Waals surface area contributed by atoms with Gasteiger partial charge in [-0.3, -0.25) is 4.79 Å². The summed E-state index contributed by atoms with van der Waals surface area (Å²) in [4.78, 5) is 19.2. The maximum atomic E-state index is 13.3. The molecule has 0 bridgehead atoms. The average Bonchev–Trinajstić information content (AvgIpc) is 3.21. The van der Waals surface area contributed by atoms with Crippen molar-refractivity contribution in [3.8, 4) is 23.4 Å². The van der Waals surface area contributed by atoms with Crippen LogP contribution in [0.15, 0.2) is 58.3 Å². The van der Waals surface area contributed by atoms with Crippen LogP contribution in [0.2, 0.25) is 0 Å². The molecule has 7 heteroatoms. The molecular weight excluding hydrogens is 458 g/mol. The first kappa shape index (κ1) is 22.9. The highest BCUT2D eigenvalue weighted by molar-refractivity contribution is 7.16. The summed E-state index contributed by atoms with van der Waals surface area (Å²) in [5, 5.41) is 22.8. The number of ether oxygens (including phenoxy) is 1. The van der Waals surface area contributed by atoms with Crippen LogP contribution in [0.3, 0.4) is 0 Å². The molecule has 1 aliphatic rings. The van der Waals surface area contributed by atoms with Crippen LogP contribution in [0.4, 0.5) is 5.00 Å². The van der Waals surface area contributed by atoms with Crippen LogP contribution in [0, 0.1) is 17.2 Å². The third-order valence-corrected chi connectivity index (χ3v) is 7.59. The fourth-order valence-corrected chi connectivity index (χ4v) is 5.96. The predicted octanol–water partition coefficient (Wildman–Crippen LogP) is 5.90. The van der Waals surface area contributed by atoms with Crippen molar-refractivity contribution in [2.75, 3.05) is 6.61 Å². The van der Waals surface area contributed by atoms with E-state index in [9.17, 15) is 15.2 Å². The number of benzene rings is 2. The lowest BCUT2D eigenvalue weighted by Gasteiger charge is -2.17. The summed E-state index contributed by atoms with van der Waals surface area (Å²) in [5.41, 5.74) is 2.36. The second-order valence-electron chi connectivity index (χ2n) is 8.75. The van der Waals surface area contributed by atoms with Gasteiger partial charge < -0.3 is 9.84 Å². The van der Waals surface area contributed by atoms with Gasteiger partial charge in [0.25, 0.3) is 5.56 Å². The van der Waals surface area contributed by atoms with E-state index in [1.807, 2.05) is 13.0 Å². The summed E-state index contributed by atoms with van der Waals surface area (Å²) in [6.45, 7) is 4.67. The van der Waals surface area contributed by atoms with Crippen molar-refractivity contribution in [2.24, 2.45) is 10.9 Å². The molecule has 1 unspecified atom stereocenters. The smallest absolute Gasteiger partial charge is 0.265 e. The van der Waals surface area contributed by atoms with E-state index < -0.39 is 0 Å². The maximum absolute atomic E-state index is 13.3. The largest absolute Gasteiger partial charge is 0.494 e. The van der Waals surface area contributed by atoms with E-state index in [1.165, 1.54) is 9.44 Å². The predicted molar refractivity (Wildman–Crippen MR) is 140 cm³/mol. The molecule has 0 radical (unpaired) electrons. The number of hydrogen-bond acceptors (Lipinski definition) is 6. The number of nitriles is 1. The molecule has 1 atom stereocenters. The number of hydrogen-bond donors (Lipinski definition) is 1. The second-order valence-corrected chi connectivity index (χ2v) is 9.84. The van der Waals surface area contributed by atoms with Gasteiger partial charge in [-0.15, -0.1) is 11.3 Å². The number of aromatic hydroxyl groups is 1. The summed E-state index contributed by atoms with van der Waals surface area (Å²) in [7, 11) is 0. The number of thiophene rings is 1. The lowest BCUT2D eigenvalue weighted by Crippen LogP contribution is -2.20. The van der Waals surface area contributed by atoms with Crippen LogP contribution >= 0.6 is 11.3 Å². The second kappa shape index (κ2) is 9.40. The summed E-state index contributed by atoms with van der Waals surface area (Å²) in [5.74, 6) is 1.08. The van der Waals surface area contributed by atoms with E-state index in [0.717, 1.165) is 24.8 Å². The Morgan fingerprint density at radius 1 is 1.23 bits per heavy atom. The number of fused-ring (bicyclic) bond motifs is 2. The zero-order valence-electron chi connectivity index (χ0n) is 19.6. The fraction of sp³-hybridized carbons (Fsp3) is 0.250. The van der Waals surface area contributed by atoms with Gasteiger partial charge >= 0.3 is 0 Å². The van der Waals surface area contributed by atoms with Crippen molar-refractivity contribution >= 4 is 33.3 Å². The third-order valence-electron chi connectivity index (χ3n) is 6.43. The summed E-state index contributed by atoms with van der Waals surface area (Å²) in [6.07, 6.45) is 4.49. The number of nitrogens with zero attached hydrogens (tertiary/aromatic N) is 3. The third kappa shape index (κ3) is 4.11. The summed E-state index contributed by atoms with van der Waals surface area (Å²) in [6, 6.07) is 16.5. The van der Waals surface area contributed by atoms with Crippen molar-refractivity contribution in [3.05, 3.63) is 80.5 Å². The van der Waals surface area contributed by atoms with Gasteiger partial charge in [0.05, 0.1) is 23.4 Å². The molecule has 6 nitrogen and oxygen atoms in total. The van der Waals surface area contributed by atoms with Gasteiger partial charge in [0.15, 0.2) is 0 Å². The highest BCUT2D eigenvalue weighted by atomic mass is 32.1. The van der Waals surface area contributed by atoms with Gasteiger partial charge in [-0.25, -0.2) is 9.56 Å². The minimum atomic E-state index is -0.322. The van der Waals surface area contributed by atoms with Gasteiger partial charge in [0.1, 0.15) is 16.8 Å². The molecule has 35 heavy (non-hydrogen) atoms. The van der Waals surface area contributed by atoms with Crippen LogP contribution in [0.1, 0.15) is 41.8 Å². The number of aliphatic imine (C=N–C) groups is 1. The lowest BCUT2D eigenvalue weighted by molar-refractivity contribution is 0.340. The molecule has 4 aromatic rings. The van der Waals surface area contributed by atoms with Gasteiger partial charge in [0, 0.05) is 21.9 Å². The first-order chi connectivity index (χ1) is 17.0. The van der Waals surface area contributed by atoms with Gasteiger partial charge in [-0.2, -0.15) is 5.26 Å². The zero-order chi connectivity index (χ0) is 24.5. The summed E-state index contributed by atoms with van der Waals surface area (Å²) < 4.78 is 6.79. The standard InChI is InChI=1S/C28H25N3O3S/c1-3-34-19-11-9-18(10-12-19)31-27(32)22-7-5-4-6-20(22)24(28(31)33)16-30-26-23(15-29)21-13-8-17(2)14-25(21)35-26/h4-7,9-12,16-17,33H,3,8,13-14H2,1-2H3. The molecule has 0 fully saturated rings. The van der Waals surface area contributed by atoms with Crippen LogP contribution in [0.25, 0.3) is 16.5 Å². The van der Waals surface area contributed by atoms with Crippen molar-refractivity contribution < 1.29 is 9.84 Å². The molecule has 1 N–H and O–H groups in total. The molecule has 0 amide bonds. The van der Waals surface area contributed by atoms with Crippen LogP contribution < -0.4 is 10.3 Å². The molecule has 176 valence electrons. The Balaban J connectivity index is 1.66. The zero-order valence-corrected chi connectivity index (χ0v) is 20.4. The Morgan fingerprint density at radius 2 is 1.97 bits per heavy atom. The Labute approximate surface area is 207 Å². The highest BCUT2D eigenvalue weighted by Crippen LogP contribution is 2.41. The van der Waals surface area contributed by atoms with Crippen molar-refractivity contribution in [3.63, 3.8) is 0 Å². The van der Waals surface area contributed by atoms with Gasteiger partial charge in [-0.1, -0.05) is 25.1 Å². The fourth-order valence-electron chi connectivity index (χ4n) is 4.65. The van der Waals surface area contributed by atoms with Gasteiger partial charge in [-0.05, 0) is 68.0 Å². The molecule has 2 heterocycles. The lowest BCUT2D eigenvalue weighted by atomic mass is 9.89. The topological polar surface area (TPSA) is 87.6 Å². The van der Waals surface area contributed by atoms with E-state index >= 15 is 0 Å². The molecule has 0 saturated heterocycles. The van der Waals surface area contributed by atoms with Crippen molar-refractivity contribution in [1.29, 1.82) is 5.26 Å². The monoisotopic (exact) mass is 483 g/mol. The van der Waals surface area contributed by atoms with Crippen molar-refractivity contribution in [1.82, 2.24) is 4.57 Å². The Kier molecular flexibility index (Phi) is 6.14. The number of aromatic nitrogens is 1. The van der Waals surface area contributed by atoms with Gasteiger partial charge in [0.2, 0.25) is 5.88 Å². The molecule has 0 aliphatic heterocycles. The van der Waals surface area contributed by atoms with Crippen LogP contribution in [0.5, 0.6) is 11.6 Å². The van der Waals surface area contributed by atoms with E-state index in [1.54, 1.807) is 60.0 Å². The van der Waals surface area contributed by atoms with Crippen LogP contribution in [-0.4, -0.2) is 22.5 Å². The Hall–Kier alpha value is -3.89. The maximum Gasteiger partial charge on any atom is 0.265 e. The van der Waals surface area contributed by atoms with E-state index in [-0.39, 0.29) is 11.4 Å². The molecule has 2 aromatic carbocycles. The molecule has 1 aliphatic carbocycles. The first-order valence-electron chi connectivity index (χ1n) is 11.7. The SMILES string of the molecule is CCOc1ccc(-n2c(O)c(C=Nc3sc4c(c3C#N)CCC(C)C4)c3ccccc3c2=O)cc1. The number of rotatable bonds is 5. The van der Waals surface area contributed by atoms with E-state index in [2.05, 4.69) is 18.0 Å². The quantitative estimate of drug-likeness (QED) is 0.358. The molecule has 0 saturated carbocycles. The summed E-state index contributed by atoms with van der Waals surface area (Å²) >= 11 is 1.55. The number of pyridine rings is 1. The molecule has 2 aromatic heterocycles. The van der Waals surface area contributed by atoms with Crippen LogP contribution in [-0.2, 0) is 12.8 Å². The van der Waals surface area contributed by atoms with E-state index in [4.69, 9.17) is 4.74 Å². The average molecular weight is 484 g/mol. The normalized spacial score (nSPS) is 15.3. The minimum absolute atomic E-state index is 0.199. The Bertz CT molecular complexity index is 1540. The Morgan fingerprint density at radius 3 is 2.69 bits per heavy atom. The molecule has 0 spiro atoms. The molecular formula is C28H25N3O3S. The van der Waals surface area contributed by atoms with Crippen molar-refractivity contribution in [2.45, 2.75) is 33.1 Å².